The highest BCUT2D eigenvalue weighted by Crippen LogP contribution is 2.11. The lowest BCUT2D eigenvalue weighted by Gasteiger charge is -2.07. The summed E-state index contributed by atoms with van der Waals surface area (Å²) >= 11 is 5.55. The van der Waals surface area contributed by atoms with Crippen LogP contribution in [0.4, 0.5) is 0 Å². The summed E-state index contributed by atoms with van der Waals surface area (Å²) in [4.78, 5) is 5.54. The highest BCUT2D eigenvalue weighted by Gasteiger charge is 2.09. The molecule has 0 aliphatic carbocycles. The van der Waals surface area contributed by atoms with Gasteiger partial charge < -0.3 is 5.32 Å². The molecular weight excluding hydrogens is 312 g/mol. The van der Waals surface area contributed by atoms with Crippen LogP contribution < -0.4 is 5.32 Å². The molecule has 2 aromatic carbocycles. The van der Waals surface area contributed by atoms with Crippen LogP contribution in [0.1, 0.15) is 16.7 Å². The van der Waals surface area contributed by atoms with E-state index in [1.54, 1.807) is 0 Å². The number of rotatable bonds is 5. The van der Waals surface area contributed by atoms with Crippen LogP contribution in [0, 0.1) is 0 Å². The predicted molar refractivity (Wildman–Crippen MR) is 99.5 cm³/mol. The molecular formula is C18H19ClN2S. The Morgan fingerprint density at radius 3 is 2.45 bits per heavy atom. The molecule has 0 spiro atoms. The number of hydrogen-bond donors (Lipinski definition) is 1. The van der Waals surface area contributed by atoms with Crippen molar-refractivity contribution in [1.82, 2.24) is 5.32 Å². The molecule has 1 aliphatic heterocycles. The van der Waals surface area contributed by atoms with E-state index < -0.39 is 0 Å². The van der Waals surface area contributed by atoms with E-state index in [9.17, 15) is 0 Å². The Kier molecular flexibility index (Phi) is 6.10. The molecule has 0 unspecified atom stereocenters. The third-order valence-electron chi connectivity index (χ3n) is 3.52. The number of halogens is 1. The molecule has 1 heterocycles. The molecule has 0 atom stereocenters. The van der Waals surface area contributed by atoms with Crippen molar-refractivity contribution in [3.63, 3.8) is 0 Å². The maximum absolute atomic E-state index is 5.55. The largest absolute Gasteiger partial charge is 0.368 e. The molecule has 22 heavy (non-hydrogen) atoms. The average molecular weight is 331 g/mol. The van der Waals surface area contributed by atoms with Gasteiger partial charge in [0, 0.05) is 29.8 Å². The molecule has 0 bridgehead atoms. The van der Waals surface area contributed by atoms with Crippen LogP contribution >= 0.6 is 24.6 Å². The van der Waals surface area contributed by atoms with Gasteiger partial charge in [0.15, 0.2) is 0 Å². The third kappa shape index (κ3) is 4.39. The first-order valence-electron chi connectivity index (χ1n) is 7.24. The standard InChI is InChI=1S/C18H18N2S.ClH/c21-17(12-14-5-2-1-3-6-14)13-15-7-4-8-16(11-15)18-19-9-10-20-18;/h1-8,11H,9-10,12-13H2,(H,19,20);1H. The number of aliphatic imine (C=N–C) groups is 1. The fourth-order valence-corrected chi connectivity index (χ4v) is 2.87. The summed E-state index contributed by atoms with van der Waals surface area (Å²) in [6.45, 7) is 1.80. The van der Waals surface area contributed by atoms with Gasteiger partial charge in [-0.3, -0.25) is 4.99 Å². The van der Waals surface area contributed by atoms with Gasteiger partial charge in [-0.05, 0) is 17.2 Å². The first kappa shape index (κ1) is 16.7. The van der Waals surface area contributed by atoms with Gasteiger partial charge >= 0.3 is 0 Å². The molecule has 0 saturated heterocycles. The lowest BCUT2D eigenvalue weighted by molar-refractivity contribution is 0.960. The molecule has 2 nitrogen and oxygen atoms in total. The average Bonchev–Trinajstić information content (AvgIpc) is 3.02. The van der Waals surface area contributed by atoms with E-state index >= 15 is 0 Å². The molecule has 0 fully saturated rings. The van der Waals surface area contributed by atoms with Gasteiger partial charge in [0.1, 0.15) is 5.84 Å². The number of thiocarbonyl (C=S) groups is 1. The molecule has 1 aliphatic rings. The van der Waals surface area contributed by atoms with Crippen LogP contribution in [-0.2, 0) is 12.8 Å². The molecule has 2 aromatic rings. The molecule has 0 saturated carbocycles. The Morgan fingerprint density at radius 1 is 1.00 bits per heavy atom. The fourth-order valence-electron chi connectivity index (χ4n) is 2.53. The molecule has 0 aromatic heterocycles. The van der Waals surface area contributed by atoms with E-state index in [4.69, 9.17) is 12.2 Å². The van der Waals surface area contributed by atoms with Gasteiger partial charge in [0.05, 0.1) is 6.54 Å². The van der Waals surface area contributed by atoms with Crippen molar-refractivity contribution in [3.8, 4) is 0 Å². The number of benzene rings is 2. The maximum atomic E-state index is 5.55. The molecule has 4 heteroatoms. The lowest BCUT2D eigenvalue weighted by atomic mass is 10.0. The number of hydrogen-bond acceptors (Lipinski definition) is 3. The minimum absolute atomic E-state index is 0. The Hall–Kier alpha value is -1.71. The van der Waals surface area contributed by atoms with Crippen molar-refractivity contribution >= 4 is 35.3 Å². The van der Waals surface area contributed by atoms with E-state index in [0.29, 0.717) is 0 Å². The second kappa shape index (κ2) is 8.06. The van der Waals surface area contributed by atoms with Crippen LogP contribution in [0.2, 0.25) is 0 Å². The van der Waals surface area contributed by atoms with Crippen LogP contribution in [0.5, 0.6) is 0 Å². The minimum atomic E-state index is 0. The summed E-state index contributed by atoms with van der Waals surface area (Å²) in [5, 5.41) is 3.31. The predicted octanol–water partition coefficient (Wildman–Crippen LogP) is 3.61. The SMILES string of the molecule is Cl.S=C(Cc1ccccc1)Cc1cccc(C2=NCCN2)c1. The zero-order valence-corrected chi connectivity index (χ0v) is 13.9. The molecule has 1 N–H and O–H groups in total. The van der Waals surface area contributed by atoms with Gasteiger partial charge in [-0.2, -0.15) is 0 Å². The molecule has 0 amide bonds. The minimum Gasteiger partial charge on any atom is -0.368 e. The van der Waals surface area contributed by atoms with Crippen LogP contribution in [0.15, 0.2) is 59.6 Å². The van der Waals surface area contributed by atoms with Crippen molar-refractivity contribution in [2.24, 2.45) is 4.99 Å². The molecule has 3 rings (SSSR count). The zero-order valence-electron chi connectivity index (χ0n) is 12.3. The number of nitrogens with zero attached hydrogens (tertiary/aromatic N) is 1. The quantitative estimate of drug-likeness (QED) is 0.847. The summed E-state index contributed by atoms with van der Waals surface area (Å²) in [6, 6.07) is 18.9. The Labute approximate surface area is 143 Å². The summed E-state index contributed by atoms with van der Waals surface area (Å²) in [7, 11) is 0. The fraction of sp³-hybridized carbons (Fsp3) is 0.222. The van der Waals surface area contributed by atoms with Crippen LogP contribution in [0.25, 0.3) is 0 Å². The van der Waals surface area contributed by atoms with Crippen LogP contribution in [0.3, 0.4) is 0 Å². The van der Waals surface area contributed by atoms with Crippen molar-refractivity contribution in [2.45, 2.75) is 12.8 Å². The first-order chi connectivity index (χ1) is 10.3. The van der Waals surface area contributed by atoms with Crippen molar-refractivity contribution in [2.75, 3.05) is 13.1 Å². The lowest BCUT2D eigenvalue weighted by Crippen LogP contribution is -2.19. The third-order valence-corrected chi connectivity index (χ3v) is 3.81. The van der Waals surface area contributed by atoms with Gasteiger partial charge in [-0.1, -0.05) is 60.7 Å². The second-order valence-electron chi connectivity index (χ2n) is 5.24. The van der Waals surface area contributed by atoms with Gasteiger partial charge in [-0.25, -0.2) is 0 Å². The van der Waals surface area contributed by atoms with E-state index in [0.717, 1.165) is 42.2 Å². The molecule has 114 valence electrons. The zero-order chi connectivity index (χ0) is 14.5. The van der Waals surface area contributed by atoms with E-state index in [1.165, 1.54) is 11.1 Å². The van der Waals surface area contributed by atoms with E-state index in [2.05, 4.69) is 58.8 Å². The normalized spacial score (nSPS) is 13.0. The van der Waals surface area contributed by atoms with Gasteiger partial charge in [0.25, 0.3) is 0 Å². The summed E-state index contributed by atoms with van der Waals surface area (Å²) in [5.74, 6) is 1.01. The van der Waals surface area contributed by atoms with Gasteiger partial charge in [0.2, 0.25) is 0 Å². The summed E-state index contributed by atoms with van der Waals surface area (Å²) in [6.07, 6.45) is 1.70. The summed E-state index contributed by atoms with van der Waals surface area (Å²) < 4.78 is 0. The first-order valence-corrected chi connectivity index (χ1v) is 7.65. The number of nitrogens with one attached hydrogen (secondary N) is 1. The number of amidine groups is 1. The van der Waals surface area contributed by atoms with E-state index in [1.807, 2.05) is 6.07 Å². The Morgan fingerprint density at radius 2 is 1.73 bits per heavy atom. The second-order valence-corrected chi connectivity index (χ2v) is 5.81. The monoisotopic (exact) mass is 330 g/mol. The highest BCUT2D eigenvalue weighted by atomic mass is 35.5. The topological polar surface area (TPSA) is 24.4 Å². The van der Waals surface area contributed by atoms with Crippen molar-refractivity contribution in [1.29, 1.82) is 0 Å². The van der Waals surface area contributed by atoms with Gasteiger partial charge in [-0.15, -0.1) is 12.4 Å². The highest BCUT2D eigenvalue weighted by molar-refractivity contribution is 7.80. The van der Waals surface area contributed by atoms with Crippen molar-refractivity contribution in [3.05, 3.63) is 71.3 Å². The Bertz CT molecular complexity index is 668. The summed E-state index contributed by atoms with van der Waals surface area (Å²) in [5.41, 5.74) is 3.69. The smallest absolute Gasteiger partial charge is 0.128 e. The van der Waals surface area contributed by atoms with Crippen molar-refractivity contribution < 1.29 is 0 Å². The van der Waals surface area contributed by atoms with Crippen LogP contribution in [-0.4, -0.2) is 23.8 Å². The maximum Gasteiger partial charge on any atom is 0.128 e. The van der Waals surface area contributed by atoms with E-state index in [-0.39, 0.29) is 12.4 Å². The molecule has 0 radical (unpaired) electrons. The Balaban J connectivity index is 0.00000176.